The van der Waals surface area contributed by atoms with Crippen LogP contribution in [0.1, 0.15) is 27.7 Å². The zero-order valence-electron chi connectivity index (χ0n) is 7.60. The van der Waals surface area contributed by atoms with Gasteiger partial charge in [-0.05, 0) is 27.7 Å². The van der Waals surface area contributed by atoms with E-state index < -0.39 is 0 Å². The zero-order chi connectivity index (χ0) is 8.20. The highest BCUT2D eigenvalue weighted by atomic mass is 15.5. The Kier molecular flexibility index (Phi) is 3.43. The summed E-state index contributed by atoms with van der Waals surface area (Å²) in [7, 11) is 1.99. The van der Waals surface area contributed by atoms with Gasteiger partial charge in [-0.25, -0.2) is 5.43 Å². The molecule has 60 valence electrons. The average molecular weight is 142 g/mol. The molecule has 0 aliphatic carbocycles. The van der Waals surface area contributed by atoms with Gasteiger partial charge in [0.05, 0.1) is 0 Å². The summed E-state index contributed by atoms with van der Waals surface area (Å²) >= 11 is 0. The van der Waals surface area contributed by atoms with Crippen molar-refractivity contribution < 1.29 is 0 Å². The second kappa shape index (κ2) is 3.62. The lowest BCUT2D eigenvalue weighted by molar-refractivity contribution is 0.224. The van der Waals surface area contributed by atoms with E-state index in [1.807, 2.05) is 31.3 Å². The molecular formula is C8H18N2. The first kappa shape index (κ1) is 9.50. The largest absolute Gasteiger partial charge is 0.319 e. The van der Waals surface area contributed by atoms with E-state index >= 15 is 0 Å². The fourth-order valence-electron chi connectivity index (χ4n) is 0.790. The van der Waals surface area contributed by atoms with Gasteiger partial charge in [0.15, 0.2) is 0 Å². The van der Waals surface area contributed by atoms with Crippen molar-refractivity contribution in [3.63, 3.8) is 0 Å². The van der Waals surface area contributed by atoms with Crippen LogP contribution in [0, 0.1) is 0 Å². The van der Waals surface area contributed by atoms with Gasteiger partial charge < -0.3 is 5.01 Å². The van der Waals surface area contributed by atoms with Crippen LogP contribution in [-0.4, -0.2) is 17.6 Å². The fraction of sp³-hybridized carbons (Fsp3) is 0.750. The molecule has 0 fully saturated rings. The molecule has 0 rings (SSSR count). The monoisotopic (exact) mass is 142 g/mol. The van der Waals surface area contributed by atoms with E-state index in [0.717, 1.165) is 0 Å². The van der Waals surface area contributed by atoms with Crippen LogP contribution in [0.15, 0.2) is 12.3 Å². The molecule has 2 nitrogen and oxygen atoms in total. The third kappa shape index (κ3) is 5.63. The standard InChI is InChI=1S/C8H18N2/c1-6-7-10(5)9-8(2,3)4/h6-7,9H,1-5H3. The van der Waals surface area contributed by atoms with E-state index in [4.69, 9.17) is 0 Å². The van der Waals surface area contributed by atoms with E-state index in [2.05, 4.69) is 26.2 Å². The van der Waals surface area contributed by atoms with Gasteiger partial charge in [-0.2, -0.15) is 0 Å². The molecule has 0 atom stereocenters. The predicted octanol–water partition coefficient (Wildman–Crippen LogP) is 1.75. The summed E-state index contributed by atoms with van der Waals surface area (Å²) in [5.74, 6) is 0. The van der Waals surface area contributed by atoms with E-state index in [1.165, 1.54) is 0 Å². The topological polar surface area (TPSA) is 15.3 Å². The van der Waals surface area contributed by atoms with Crippen molar-refractivity contribution in [2.24, 2.45) is 0 Å². The summed E-state index contributed by atoms with van der Waals surface area (Å²) in [6, 6.07) is 0. The van der Waals surface area contributed by atoms with Gasteiger partial charge >= 0.3 is 0 Å². The van der Waals surface area contributed by atoms with E-state index in [9.17, 15) is 0 Å². The number of nitrogens with zero attached hydrogens (tertiary/aromatic N) is 1. The van der Waals surface area contributed by atoms with Gasteiger partial charge in [0.1, 0.15) is 0 Å². The lowest BCUT2D eigenvalue weighted by Crippen LogP contribution is -2.44. The summed E-state index contributed by atoms with van der Waals surface area (Å²) in [4.78, 5) is 0. The third-order valence-corrected chi connectivity index (χ3v) is 0.884. The first-order valence-corrected chi connectivity index (χ1v) is 3.59. The number of allylic oxidation sites excluding steroid dienone is 1. The highest BCUT2D eigenvalue weighted by Crippen LogP contribution is 1.98. The van der Waals surface area contributed by atoms with Crippen LogP contribution >= 0.6 is 0 Å². The first-order chi connectivity index (χ1) is 4.45. The van der Waals surface area contributed by atoms with E-state index in [1.54, 1.807) is 0 Å². The SMILES string of the molecule is CC=CN(C)NC(C)(C)C. The summed E-state index contributed by atoms with van der Waals surface area (Å²) in [6.07, 6.45) is 3.99. The Morgan fingerprint density at radius 1 is 1.30 bits per heavy atom. The van der Waals surface area contributed by atoms with Gasteiger partial charge in [-0.15, -0.1) is 0 Å². The van der Waals surface area contributed by atoms with Crippen LogP contribution in [0.2, 0.25) is 0 Å². The zero-order valence-corrected chi connectivity index (χ0v) is 7.60. The molecule has 0 spiro atoms. The molecule has 0 bridgehead atoms. The van der Waals surface area contributed by atoms with Crippen LogP contribution < -0.4 is 5.43 Å². The molecule has 0 aromatic heterocycles. The molecule has 0 aliphatic heterocycles. The van der Waals surface area contributed by atoms with Gasteiger partial charge in [0.25, 0.3) is 0 Å². The third-order valence-electron chi connectivity index (χ3n) is 0.884. The van der Waals surface area contributed by atoms with Crippen LogP contribution in [0.4, 0.5) is 0 Å². The maximum atomic E-state index is 3.27. The Morgan fingerprint density at radius 2 is 1.80 bits per heavy atom. The number of hydrogen-bond donors (Lipinski definition) is 1. The summed E-state index contributed by atoms with van der Waals surface area (Å²) in [6.45, 7) is 8.40. The highest BCUT2D eigenvalue weighted by Gasteiger charge is 2.08. The number of hydrogen-bond acceptors (Lipinski definition) is 2. The van der Waals surface area contributed by atoms with Crippen molar-refractivity contribution in [1.29, 1.82) is 0 Å². The quantitative estimate of drug-likeness (QED) is 0.591. The van der Waals surface area contributed by atoms with E-state index in [0.29, 0.717) is 0 Å². The minimum Gasteiger partial charge on any atom is -0.319 e. The Hall–Kier alpha value is -0.500. The molecule has 2 heteroatoms. The Bertz CT molecular complexity index is 111. The molecule has 0 heterocycles. The minimum atomic E-state index is 0.147. The number of hydrazine groups is 1. The van der Waals surface area contributed by atoms with Crippen molar-refractivity contribution in [1.82, 2.24) is 10.4 Å². The molecule has 0 saturated carbocycles. The summed E-state index contributed by atoms with van der Waals surface area (Å²) in [5, 5.41) is 1.96. The minimum absolute atomic E-state index is 0.147. The fourth-order valence-corrected chi connectivity index (χ4v) is 0.790. The van der Waals surface area contributed by atoms with Crippen molar-refractivity contribution in [3.05, 3.63) is 12.3 Å². The Labute approximate surface area is 63.9 Å². The van der Waals surface area contributed by atoms with Crippen LogP contribution in [0.25, 0.3) is 0 Å². The maximum absolute atomic E-state index is 3.27. The van der Waals surface area contributed by atoms with Crippen molar-refractivity contribution in [2.45, 2.75) is 33.2 Å². The molecular weight excluding hydrogens is 124 g/mol. The number of rotatable bonds is 2. The Morgan fingerprint density at radius 3 is 2.10 bits per heavy atom. The van der Waals surface area contributed by atoms with E-state index in [-0.39, 0.29) is 5.54 Å². The van der Waals surface area contributed by atoms with Crippen molar-refractivity contribution in [3.8, 4) is 0 Å². The van der Waals surface area contributed by atoms with Crippen LogP contribution in [0.3, 0.4) is 0 Å². The molecule has 0 unspecified atom stereocenters. The smallest absolute Gasteiger partial charge is 0.0288 e. The maximum Gasteiger partial charge on any atom is 0.0288 e. The second-order valence-corrected chi connectivity index (χ2v) is 3.46. The van der Waals surface area contributed by atoms with Crippen molar-refractivity contribution >= 4 is 0 Å². The van der Waals surface area contributed by atoms with Gasteiger partial charge in [-0.3, -0.25) is 0 Å². The van der Waals surface area contributed by atoms with Gasteiger partial charge in [0, 0.05) is 18.8 Å². The average Bonchev–Trinajstić information content (AvgIpc) is 1.59. The molecule has 10 heavy (non-hydrogen) atoms. The molecule has 0 amide bonds. The van der Waals surface area contributed by atoms with Crippen molar-refractivity contribution in [2.75, 3.05) is 7.05 Å². The second-order valence-electron chi connectivity index (χ2n) is 3.46. The predicted molar refractivity (Wildman–Crippen MR) is 45.5 cm³/mol. The Balaban J connectivity index is 3.68. The van der Waals surface area contributed by atoms with Gasteiger partial charge in [0.2, 0.25) is 0 Å². The summed E-state index contributed by atoms with van der Waals surface area (Å²) in [5.41, 5.74) is 3.41. The lowest BCUT2D eigenvalue weighted by Gasteiger charge is -2.27. The van der Waals surface area contributed by atoms with Crippen LogP contribution in [0.5, 0.6) is 0 Å². The van der Waals surface area contributed by atoms with Gasteiger partial charge in [-0.1, -0.05) is 6.08 Å². The van der Waals surface area contributed by atoms with Crippen LogP contribution in [-0.2, 0) is 0 Å². The first-order valence-electron chi connectivity index (χ1n) is 3.59. The number of nitrogens with one attached hydrogen (secondary N) is 1. The highest BCUT2D eigenvalue weighted by molar-refractivity contribution is 4.77. The molecule has 0 aliphatic rings. The molecule has 0 saturated heterocycles. The molecule has 0 radical (unpaired) electrons. The lowest BCUT2D eigenvalue weighted by atomic mass is 10.1. The molecule has 0 aromatic rings. The molecule has 0 aromatic carbocycles. The molecule has 1 N–H and O–H groups in total. The normalized spacial score (nSPS) is 12.5. The summed E-state index contributed by atoms with van der Waals surface area (Å²) < 4.78 is 0.